The monoisotopic (exact) mass is 382 g/mol. The molecule has 0 saturated heterocycles. The first-order valence-electron chi connectivity index (χ1n) is 9.98. The van der Waals surface area contributed by atoms with Crippen LogP contribution in [0, 0.1) is 22.2 Å². The normalized spacial score (nSPS) is 14.7. The summed E-state index contributed by atoms with van der Waals surface area (Å²) in [7, 11) is 0. The molecule has 0 aromatic carbocycles. The zero-order valence-corrected chi connectivity index (χ0v) is 19.1. The van der Waals surface area contributed by atoms with E-state index < -0.39 is 11.6 Å². The zero-order valence-electron chi connectivity index (χ0n) is 19.1. The number of carbonyl (C=O) groups excluding carboxylic acids is 1. The number of rotatable bonds is 12. The number of carboxylic acids is 1. The van der Waals surface area contributed by atoms with Gasteiger partial charge in [0.25, 0.3) is 0 Å². The van der Waals surface area contributed by atoms with E-state index in [1.807, 2.05) is 0 Å². The molecule has 4 heteroatoms. The molecule has 0 heterocycles. The lowest BCUT2D eigenvalue weighted by molar-refractivity contribution is -0.146. The number of allylic oxidation sites excluding steroid dienone is 1. The van der Waals surface area contributed by atoms with Gasteiger partial charge in [-0.3, -0.25) is 9.59 Å². The van der Waals surface area contributed by atoms with Crippen molar-refractivity contribution in [1.29, 1.82) is 0 Å². The van der Waals surface area contributed by atoms with E-state index in [9.17, 15) is 9.59 Å². The molecular formula is C23H42O4. The van der Waals surface area contributed by atoms with Crippen molar-refractivity contribution >= 4 is 11.8 Å². The molecule has 0 aromatic rings. The molecule has 1 N–H and O–H groups in total. The summed E-state index contributed by atoms with van der Waals surface area (Å²) in [4.78, 5) is 22.9. The second-order valence-electron chi connectivity index (χ2n) is 10.6. The highest BCUT2D eigenvalue weighted by atomic mass is 16.5. The fraction of sp³-hybridized carbons (Fsp3) is 0.826. The molecule has 0 aliphatic rings. The first kappa shape index (κ1) is 25.8. The molecule has 1 unspecified atom stereocenters. The van der Waals surface area contributed by atoms with Gasteiger partial charge in [-0.25, -0.2) is 0 Å². The van der Waals surface area contributed by atoms with Gasteiger partial charge < -0.3 is 9.84 Å². The fourth-order valence-corrected chi connectivity index (χ4v) is 3.28. The van der Waals surface area contributed by atoms with Crippen LogP contribution in [0.3, 0.4) is 0 Å². The molecule has 27 heavy (non-hydrogen) atoms. The molecule has 0 rings (SSSR count). The molecule has 0 aliphatic heterocycles. The van der Waals surface area contributed by atoms with Crippen molar-refractivity contribution in [3.63, 3.8) is 0 Å². The molecule has 0 fully saturated rings. The van der Waals surface area contributed by atoms with E-state index in [2.05, 4.69) is 61.1 Å². The maximum absolute atomic E-state index is 12.2. The van der Waals surface area contributed by atoms with E-state index in [-0.39, 0.29) is 34.9 Å². The van der Waals surface area contributed by atoms with Crippen LogP contribution < -0.4 is 0 Å². The summed E-state index contributed by atoms with van der Waals surface area (Å²) in [6, 6.07) is 0. The first-order chi connectivity index (χ1) is 12.0. The Kier molecular flexibility index (Phi) is 8.96. The van der Waals surface area contributed by atoms with Crippen LogP contribution in [-0.2, 0) is 14.3 Å². The topological polar surface area (TPSA) is 63.6 Å². The third-order valence-corrected chi connectivity index (χ3v) is 6.22. The lowest BCUT2D eigenvalue weighted by atomic mass is 9.57. The predicted octanol–water partition coefficient (Wildman–Crippen LogP) is 5.90. The molecule has 0 radical (unpaired) electrons. The maximum Gasteiger partial charge on any atom is 0.303 e. The van der Waals surface area contributed by atoms with E-state index in [0.717, 1.165) is 12.8 Å². The maximum atomic E-state index is 12.2. The quantitative estimate of drug-likeness (QED) is 0.427. The van der Waals surface area contributed by atoms with Gasteiger partial charge in [-0.2, -0.15) is 0 Å². The molecule has 0 saturated carbocycles. The Hall–Kier alpha value is -1.16. The molecule has 0 bridgehead atoms. The van der Waals surface area contributed by atoms with Crippen molar-refractivity contribution in [1.82, 2.24) is 0 Å². The van der Waals surface area contributed by atoms with Crippen molar-refractivity contribution in [3.05, 3.63) is 12.7 Å². The van der Waals surface area contributed by atoms with E-state index in [4.69, 9.17) is 9.84 Å². The minimum atomic E-state index is -0.962. The van der Waals surface area contributed by atoms with E-state index >= 15 is 0 Å². The number of ether oxygens (including phenoxy) is 1. The Labute approximate surface area is 166 Å². The van der Waals surface area contributed by atoms with Gasteiger partial charge in [-0.15, -0.1) is 6.58 Å². The highest BCUT2D eigenvalue weighted by molar-refractivity contribution is 5.88. The molecular weight excluding hydrogens is 340 g/mol. The largest absolute Gasteiger partial charge is 0.481 e. The summed E-state index contributed by atoms with van der Waals surface area (Å²) in [5.74, 6) is -0.757. The summed E-state index contributed by atoms with van der Waals surface area (Å²) in [5.41, 5.74) is -0.736. The van der Waals surface area contributed by atoms with Gasteiger partial charge >= 0.3 is 5.97 Å². The number of carbonyl (C=O) groups is 2. The molecule has 4 nitrogen and oxygen atoms in total. The first-order valence-corrected chi connectivity index (χ1v) is 9.98. The molecule has 0 aliphatic carbocycles. The van der Waals surface area contributed by atoms with Gasteiger partial charge in [0.2, 0.25) is 0 Å². The van der Waals surface area contributed by atoms with Gasteiger partial charge in [0, 0.05) is 13.0 Å². The van der Waals surface area contributed by atoms with Gasteiger partial charge in [-0.1, -0.05) is 54.5 Å². The Morgan fingerprint density at radius 2 is 1.52 bits per heavy atom. The third-order valence-electron chi connectivity index (χ3n) is 6.22. The van der Waals surface area contributed by atoms with Crippen LogP contribution in [0.4, 0.5) is 0 Å². The number of aliphatic carboxylic acids is 1. The number of Topliss-reactive ketones (excluding diaryl/α,β-unsaturated/α-hetero) is 1. The lowest BCUT2D eigenvalue weighted by Crippen LogP contribution is -2.42. The SMILES string of the molecule is C=CC(CC(C)(C)C)C(C)(C)C(C)(C)CCOC(C)(C)C(=O)CCC(=O)O. The summed E-state index contributed by atoms with van der Waals surface area (Å²) in [6.45, 7) is 23.8. The second kappa shape index (κ2) is 9.36. The minimum Gasteiger partial charge on any atom is -0.481 e. The average molecular weight is 383 g/mol. The number of carboxylic acid groups (broad SMARTS) is 1. The minimum absolute atomic E-state index is 0.00133. The molecule has 158 valence electrons. The van der Waals surface area contributed by atoms with Crippen molar-refractivity contribution in [2.24, 2.45) is 22.2 Å². The van der Waals surface area contributed by atoms with Crippen LogP contribution in [-0.4, -0.2) is 29.1 Å². The second-order valence-corrected chi connectivity index (χ2v) is 10.6. The Bertz CT molecular complexity index is 521. The van der Waals surface area contributed by atoms with Crippen LogP contribution in [0.15, 0.2) is 12.7 Å². The van der Waals surface area contributed by atoms with E-state index in [1.54, 1.807) is 13.8 Å². The smallest absolute Gasteiger partial charge is 0.303 e. The van der Waals surface area contributed by atoms with Crippen LogP contribution in [0.2, 0.25) is 0 Å². The lowest BCUT2D eigenvalue weighted by Gasteiger charge is -2.48. The summed E-state index contributed by atoms with van der Waals surface area (Å²) in [6.07, 6.45) is 3.80. The highest BCUT2D eigenvalue weighted by Crippen LogP contribution is 2.50. The number of hydrogen-bond acceptors (Lipinski definition) is 3. The summed E-state index contributed by atoms with van der Waals surface area (Å²) < 4.78 is 5.90. The fourth-order valence-electron chi connectivity index (χ4n) is 3.28. The third kappa shape index (κ3) is 8.16. The average Bonchev–Trinajstić information content (AvgIpc) is 2.48. The van der Waals surface area contributed by atoms with Crippen molar-refractivity contribution < 1.29 is 19.4 Å². The van der Waals surface area contributed by atoms with Crippen LogP contribution in [0.1, 0.15) is 88.0 Å². The van der Waals surface area contributed by atoms with Crippen molar-refractivity contribution in [2.75, 3.05) is 6.61 Å². The number of ketones is 1. The molecule has 1 atom stereocenters. The predicted molar refractivity (Wildman–Crippen MR) is 112 cm³/mol. The molecule has 0 amide bonds. The standard InChI is InChI=1S/C23H42O4/c1-11-17(16-20(2,3)4)22(7,8)21(5,6)14-15-27-23(9,10)18(24)12-13-19(25)26/h11,17H,1,12-16H2,2-10H3,(H,25,26). The van der Waals surface area contributed by atoms with Crippen LogP contribution >= 0.6 is 0 Å². The van der Waals surface area contributed by atoms with Crippen LogP contribution in [0.5, 0.6) is 0 Å². The van der Waals surface area contributed by atoms with Gasteiger partial charge in [-0.05, 0) is 48.9 Å². The van der Waals surface area contributed by atoms with Gasteiger partial charge in [0.05, 0.1) is 6.42 Å². The van der Waals surface area contributed by atoms with Crippen molar-refractivity contribution in [3.8, 4) is 0 Å². The number of hydrogen-bond donors (Lipinski definition) is 1. The molecule has 0 spiro atoms. The van der Waals surface area contributed by atoms with Gasteiger partial charge in [0.1, 0.15) is 5.60 Å². The Morgan fingerprint density at radius 3 is 1.93 bits per heavy atom. The van der Waals surface area contributed by atoms with Crippen LogP contribution in [0.25, 0.3) is 0 Å². The Morgan fingerprint density at radius 1 is 1.00 bits per heavy atom. The van der Waals surface area contributed by atoms with E-state index in [0.29, 0.717) is 12.5 Å². The Balaban J connectivity index is 4.96. The molecule has 0 aromatic heterocycles. The highest BCUT2D eigenvalue weighted by Gasteiger charge is 2.43. The van der Waals surface area contributed by atoms with E-state index in [1.165, 1.54) is 0 Å². The van der Waals surface area contributed by atoms with Crippen molar-refractivity contribution in [2.45, 2.75) is 93.6 Å². The summed E-state index contributed by atoms with van der Waals surface area (Å²) >= 11 is 0. The summed E-state index contributed by atoms with van der Waals surface area (Å²) in [5, 5.41) is 8.76. The van der Waals surface area contributed by atoms with Gasteiger partial charge in [0.15, 0.2) is 5.78 Å². The zero-order chi connectivity index (χ0) is 21.7.